The lowest BCUT2D eigenvalue weighted by Gasteiger charge is -2.21. The Kier molecular flexibility index (Phi) is 1.69. The summed E-state index contributed by atoms with van der Waals surface area (Å²) in [6, 6.07) is 0.892. The van der Waals surface area contributed by atoms with E-state index in [0.717, 1.165) is 24.4 Å². The van der Waals surface area contributed by atoms with Gasteiger partial charge >= 0.3 is 0 Å². The molecule has 0 saturated heterocycles. The smallest absolute Gasteiger partial charge is 0.00979 e. The molecule has 10 heavy (non-hydrogen) atoms. The predicted octanol–water partition coefficient (Wildman–Crippen LogP) is 1.78. The molecule has 0 aromatic carbocycles. The monoisotopic (exact) mass is 139 g/mol. The molecule has 1 nitrogen and oxygen atoms in total. The van der Waals surface area contributed by atoms with E-state index in [0.29, 0.717) is 0 Å². The van der Waals surface area contributed by atoms with Crippen LogP contribution in [0.1, 0.15) is 32.6 Å². The highest BCUT2D eigenvalue weighted by atomic mass is 14.9. The molecule has 2 saturated carbocycles. The normalized spacial score (nSPS) is 44.7. The summed E-state index contributed by atoms with van der Waals surface area (Å²) in [6.07, 6.45) is 6.02. The Morgan fingerprint density at radius 1 is 1.30 bits per heavy atom. The van der Waals surface area contributed by atoms with Gasteiger partial charge in [-0.15, -0.1) is 0 Å². The van der Waals surface area contributed by atoms with E-state index in [2.05, 4.69) is 12.2 Å². The molecule has 3 atom stereocenters. The third-order valence-electron chi connectivity index (χ3n) is 3.20. The van der Waals surface area contributed by atoms with Crippen molar-refractivity contribution in [3.8, 4) is 0 Å². The summed E-state index contributed by atoms with van der Waals surface area (Å²) < 4.78 is 0. The predicted molar refractivity (Wildman–Crippen MR) is 42.9 cm³/mol. The first-order chi connectivity index (χ1) is 4.90. The number of rotatable bonds is 2. The third kappa shape index (κ3) is 0.968. The van der Waals surface area contributed by atoms with Gasteiger partial charge in [0.1, 0.15) is 0 Å². The van der Waals surface area contributed by atoms with Crippen LogP contribution in [0.25, 0.3) is 0 Å². The summed E-state index contributed by atoms with van der Waals surface area (Å²) in [6.45, 7) is 3.37. The van der Waals surface area contributed by atoms with E-state index in [9.17, 15) is 0 Å². The average molecular weight is 139 g/mol. The SMILES string of the molecule is CCNC1CC2CCC1C2. The van der Waals surface area contributed by atoms with E-state index in [1.54, 1.807) is 0 Å². The quantitative estimate of drug-likeness (QED) is 0.615. The van der Waals surface area contributed by atoms with Crippen molar-refractivity contribution in [2.24, 2.45) is 11.8 Å². The maximum atomic E-state index is 3.58. The molecule has 2 fully saturated rings. The van der Waals surface area contributed by atoms with Gasteiger partial charge in [-0.3, -0.25) is 0 Å². The van der Waals surface area contributed by atoms with Crippen LogP contribution in [0.5, 0.6) is 0 Å². The third-order valence-corrected chi connectivity index (χ3v) is 3.20. The lowest BCUT2D eigenvalue weighted by atomic mass is 9.95. The van der Waals surface area contributed by atoms with E-state index in [4.69, 9.17) is 0 Å². The zero-order valence-corrected chi connectivity index (χ0v) is 6.77. The number of fused-ring (bicyclic) bond motifs is 2. The Labute approximate surface area is 63.2 Å². The van der Waals surface area contributed by atoms with Crippen molar-refractivity contribution < 1.29 is 0 Å². The van der Waals surface area contributed by atoms with Crippen molar-refractivity contribution in [2.45, 2.75) is 38.6 Å². The highest BCUT2D eigenvalue weighted by Crippen LogP contribution is 2.44. The summed E-state index contributed by atoms with van der Waals surface area (Å²) in [5, 5.41) is 3.58. The van der Waals surface area contributed by atoms with E-state index in [1.165, 1.54) is 25.7 Å². The molecule has 3 unspecified atom stereocenters. The highest BCUT2D eigenvalue weighted by Gasteiger charge is 2.38. The van der Waals surface area contributed by atoms with Gasteiger partial charge in [0.2, 0.25) is 0 Å². The molecule has 0 spiro atoms. The molecule has 2 aliphatic carbocycles. The fraction of sp³-hybridized carbons (Fsp3) is 1.00. The molecule has 0 heterocycles. The van der Waals surface area contributed by atoms with Gasteiger partial charge in [0.25, 0.3) is 0 Å². The van der Waals surface area contributed by atoms with Crippen LogP contribution >= 0.6 is 0 Å². The van der Waals surface area contributed by atoms with Crippen molar-refractivity contribution in [1.82, 2.24) is 5.32 Å². The van der Waals surface area contributed by atoms with Gasteiger partial charge in [-0.05, 0) is 37.6 Å². The maximum Gasteiger partial charge on any atom is 0.00979 e. The van der Waals surface area contributed by atoms with Gasteiger partial charge in [0.15, 0.2) is 0 Å². The van der Waals surface area contributed by atoms with Gasteiger partial charge in [-0.25, -0.2) is 0 Å². The van der Waals surface area contributed by atoms with Crippen molar-refractivity contribution in [3.05, 3.63) is 0 Å². The van der Waals surface area contributed by atoms with E-state index in [1.807, 2.05) is 0 Å². The second-order valence-electron chi connectivity index (χ2n) is 3.84. The standard InChI is InChI=1S/C9H17N/c1-2-10-9-6-7-3-4-8(9)5-7/h7-10H,2-6H2,1H3. The average Bonchev–Trinajstić information content (AvgIpc) is 2.48. The minimum absolute atomic E-state index is 0.892. The van der Waals surface area contributed by atoms with Crippen molar-refractivity contribution in [2.75, 3.05) is 6.54 Å². The first-order valence-electron chi connectivity index (χ1n) is 4.63. The Hall–Kier alpha value is -0.0400. The van der Waals surface area contributed by atoms with Crippen molar-refractivity contribution in [1.29, 1.82) is 0 Å². The number of hydrogen-bond donors (Lipinski definition) is 1. The molecule has 1 heteroatoms. The summed E-state index contributed by atoms with van der Waals surface area (Å²) in [5.41, 5.74) is 0. The van der Waals surface area contributed by atoms with Gasteiger partial charge < -0.3 is 5.32 Å². The number of nitrogens with one attached hydrogen (secondary N) is 1. The lowest BCUT2D eigenvalue weighted by Crippen LogP contribution is -2.33. The Bertz CT molecular complexity index is 122. The fourth-order valence-electron chi connectivity index (χ4n) is 2.76. The summed E-state index contributed by atoms with van der Waals surface area (Å²) >= 11 is 0. The lowest BCUT2D eigenvalue weighted by molar-refractivity contribution is 0.358. The first-order valence-corrected chi connectivity index (χ1v) is 4.63. The Morgan fingerprint density at radius 2 is 2.20 bits per heavy atom. The molecule has 2 rings (SSSR count). The largest absolute Gasteiger partial charge is 0.314 e. The Balaban J connectivity index is 1.90. The highest BCUT2D eigenvalue weighted by molar-refractivity contribution is 4.93. The van der Waals surface area contributed by atoms with Crippen LogP contribution < -0.4 is 5.32 Å². The molecular formula is C9H17N. The van der Waals surface area contributed by atoms with Crippen LogP contribution in [0, 0.1) is 11.8 Å². The molecule has 2 aliphatic rings. The second kappa shape index (κ2) is 2.54. The molecular weight excluding hydrogens is 122 g/mol. The minimum atomic E-state index is 0.892. The molecule has 1 N–H and O–H groups in total. The Morgan fingerprint density at radius 3 is 2.70 bits per heavy atom. The summed E-state index contributed by atoms with van der Waals surface area (Å²) in [7, 11) is 0. The molecule has 0 radical (unpaired) electrons. The maximum absolute atomic E-state index is 3.58. The van der Waals surface area contributed by atoms with Crippen molar-refractivity contribution in [3.63, 3.8) is 0 Å². The zero-order chi connectivity index (χ0) is 6.97. The second-order valence-corrected chi connectivity index (χ2v) is 3.84. The van der Waals surface area contributed by atoms with Gasteiger partial charge in [-0.2, -0.15) is 0 Å². The van der Waals surface area contributed by atoms with Crippen molar-refractivity contribution >= 4 is 0 Å². The first kappa shape index (κ1) is 6.66. The topological polar surface area (TPSA) is 12.0 Å². The molecule has 0 amide bonds. The zero-order valence-electron chi connectivity index (χ0n) is 6.77. The summed E-state index contributed by atoms with van der Waals surface area (Å²) in [5.74, 6) is 2.14. The van der Waals surface area contributed by atoms with Crippen LogP contribution in [0.3, 0.4) is 0 Å². The molecule has 0 aromatic rings. The van der Waals surface area contributed by atoms with Crippen LogP contribution in [0.2, 0.25) is 0 Å². The number of hydrogen-bond acceptors (Lipinski definition) is 1. The van der Waals surface area contributed by atoms with Crippen LogP contribution in [0.15, 0.2) is 0 Å². The van der Waals surface area contributed by atoms with Crippen LogP contribution in [-0.2, 0) is 0 Å². The fourth-order valence-corrected chi connectivity index (χ4v) is 2.76. The van der Waals surface area contributed by atoms with Crippen LogP contribution in [-0.4, -0.2) is 12.6 Å². The molecule has 2 bridgehead atoms. The van der Waals surface area contributed by atoms with E-state index < -0.39 is 0 Å². The van der Waals surface area contributed by atoms with E-state index in [-0.39, 0.29) is 0 Å². The molecule has 58 valence electrons. The van der Waals surface area contributed by atoms with Gasteiger partial charge in [-0.1, -0.05) is 13.3 Å². The summed E-state index contributed by atoms with van der Waals surface area (Å²) in [4.78, 5) is 0. The van der Waals surface area contributed by atoms with E-state index >= 15 is 0 Å². The van der Waals surface area contributed by atoms with Gasteiger partial charge in [0, 0.05) is 6.04 Å². The van der Waals surface area contributed by atoms with Gasteiger partial charge in [0.05, 0.1) is 0 Å². The molecule has 0 aliphatic heterocycles. The molecule has 0 aromatic heterocycles. The minimum Gasteiger partial charge on any atom is -0.314 e. The van der Waals surface area contributed by atoms with Crippen LogP contribution in [0.4, 0.5) is 0 Å².